The summed E-state index contributed by atoms with van der Waals surface area (Å²) >= 11 is 0. The molecule has 1 aliphatic heterocycles. The van der Waals surface area contributed by atoms with E-state index in [4.69, 9.17) is 15.4 Å². The third kappa shape index (κ3) is 1.74. The van der Waals surface area contributed by atoms with Crippen molar-refractivity contribution >= 4 is 18.0 Å². The van der Waals surface area contributed by atoms with Gasteiger partial charge in [0.15, 0.2) is 0 Å². The lowest BCUT2D eigenvalue weighted by Gasteiger charge is -2.36. The standard InChI is InChI=1S/C7H12N4O7/c1-7(9(3-13)5(15)8-2-12)4(14)10(17)6(16)11(7)18/h12-13,17-18H,2-3H2,1H3,(H,8,15). The Hall–Kier alpha value is -1.95. The molecule has 0 radical (unpaired) electrons. The van der Waals surface area contributed by atoms with E-state index in [1.165, 1.54) is 0 Å². The number of rotatable bonds is 3. The summed E-state index contributed by atoms with van der Waals surface area (Å²) in [5.74, 6) is -1.34. The summed E-state index contributed by atoms with van der Waals surface area (Å²) in [5.41, 5.74) is -2.32. The van der Waals surface area contributed by atoms with Gasteiger partial charge in [-0.2, -0.15) is 5.06 Å². The topological polar surface area (TPSA) is 154 Å². The van der Waals surface area contributed by atoms with Gasteiger partial charge in [-0.05, 0) is 6.92 Å². The number of aliphatic hydroxyl groups excluding tert-OH is 2. The van der Waals surface area contributed by atoms with Crippen LogP contribution in [0.4, 0.5) is 9.59 Å². The maximum Gasteiger partial charge on any atom is 0.377 e. The molecule has 0 aromatic rings. The first-order chi connectivity index (χ1) is 8.32. The van der Waals surface area contributed by atoms with Crippen LogP contribution in [-0.2, 0) is 4.79 Å². The van der Waals surface area contributed by atoms with Gasteiger partial charge in [0.05, 0.1) is 0 Å². The highest BCUT2D eigenvalue weighted by molar-refractivity contribution is 6.06. The third-order valence-corrected chi connectivity index (χ3v) is 2.51. The molecular weight excluding hydrogens is 252 g/mol. The molecule has 0 aromatic heterocycles. The number of hydrogen-bond acceptors (Lipinski definition) is 7. The van der Waals surface area contributed by atoms with E-state index in [0.29, 0.717) is 4.90 Å². The smallest absolute Gasteiger partial charge is 0.376 e. The molecule has 11 nitrogen and oxygen atoms in total. The van der Waals surface area contributed by atoms with Crippen LogP contribution in [0.2, 0.25) is 0 Å². The first-order valence-electron chi connectivity index (χ1n) is 4.66. The number of nitrogens with one attached hydrogen (secondary N) is 1. The minimum Gasteiger partial charge on any atom is -0.376 e. The third-order valence-electron chi connectivity index (χ3n) is 2.51. The normalized spacial score (nSPS) is 23.6. The van der Waals surface area contributed by atoms with E-state index in [2.05, 4.69) is 0 Å². The molecule has 1 heterocycles. The molecule has 0 saturated carbocycles. The van der Waals surface area contributed by atoms with E-state index >= 15 is 0 Å². The van der Waals surface area contributed by atoms with E-state index < -0.39 is 42.2 Å². The molecule has 102 valence electrons. The molecule has 0 bridgehead atoms. The zero-order valence-corrected chi connectivity index (χ0v) is 9.27. The molecule has 1 saturated heterocycles. The first-order valence-corrected chi connectivity index (χ1v) is 4.66. The molecule has 1 unspecified atom stereocenters. The van der Waals surface area contributed by atoms with Crippen LogP contribution >= 0.6 is 0 Å². The molecule has 5 N–H and O–H groups in total. The van der Waals surface area contributed by atoms with E-state index in [-0.39, 0.29) is 5.06 Å². The molecule has 0 aromatic carbocycles. The van der Waals surface area contributed by atoms with E-state index in [9.17, 15) is 19.6 Å². The van der Waals surface area contributed by atoms with Crippen molar-refractivity contribution in [1.82, 2.24) is 20.3 Å². The van der Waals surface area contributed by atoms with Crippen LogP contribution in [0.25, 0.3) is 0 Å². The highest BCUT2D eigenvalue weighted by Gasteiger charge is 2.59. The van der Waals surface area contributed by atoms with E-state index in [0.717, 1.165) is 6.92 Å². The molecule has 1 rings (SSSR count). The predicted octanol–water partition coefficient (Wildman–Crippen LogP) is -2.34. The maximum atomic E-state index is 11.6. The number of hydroxylamine groups is 4. The summed E-state index contributed by atoms with van der Waals surface area (Å²) in [6.07, 6.45) is 0. The molecule has 18 heavy (non-hydrogen) atoms. The number of imide groups is 1. The molecule has 1 fully saturated rings. The minimum atomic E-state index is -2.32. The van der Waals surface area contributed by atoms with Gasteiger partial charge in [-0.1, -0.05) is 0 Å². The van der Waals surface area contributed by atoms with Crippen molar-refractivity contribution in [2.75, 3.05) is 13.5 Å². The largest absolute Gasteiger partial charge is 0.377 e. The highest BCUT2D eigenvalue weighted by atomic mass is 16.6. The lowest BCUT2D eigenvalue weighted by atomic mass is 10.1. The van der Waals surface area contributed by atoms with Gasteiger partial charge in [-0.15, -0.1) is 5.06 Å². The van der Waals surface area contributed by atoms with Crippen molar-refractivity contribution in [2.45, 2.75) is 12.6 Å². The van der Waals surface area contributed by atoms with Crippen molar-refractivity contribution in [3.63, 3.8) is 0 Å². The first kappa shape index (κ1) is 14.1. The average molecular weight is 264 g/mol. The lowest BCUT2D eigenvalue weighted by Crippen LogP contribution is -2.63. The van der Waals surface area contributed by atoms with Gasteiger partial charge in [-0.25, -0.2) is 9.59 Å². The van der Waals surface area contributed by atoms with Gasteiger partial charge in [0.25, 0.3) is 0 Å². The number of aliphatic hydroxyl groups is 2. The molecule has 0 spiro atoms. The van der Waals surface area contributed by atoms with Crippen LogP contribution in [0.5, 0.6) is 0 Å². The van der Waals surface area contributed by atoms with Crippen LogP contribution in [0.15, 0.2) is 0 Å². The second-order valence-electron chi connectivity index (χ2n) is 3.44. The fourth-order valence-corrected chi connectivity index (χ4v) is 1.45. The van der Waals surface area contributed by atoms with Gasteiger partial charge in [0.1, 0.15) is 13.5 Å². The van der Waals surface area contributed by atoms with Crippen LogP contribution in [0.1, 0.15) is 6.92 Å². The van der Waals surface area contributed by atoms with Crippen molar-refractivity contribution in [1.29, 1.82) is 0 Å². The Kier molecular flexibility index (Phi) is 3.71. The number of nitrogens with zero attached hydrogens (tertiary/aromatic N) is 3. The quantitative estimate of drug-likeness (QED) is 0.217. The van der Waals surface area contributed by atoms with Gasteiger partial charge in [-0.3, -0.25) is 20.1 Å². The molecular formula is C7H12N4O7. The van der Waals surface area contributed by atoms with Gasteiger partial charge >= 0.3 is 18.0 Å². The van der Waals surface area contributed by atoms with Gasteiger partial charge < -0.3 is 15.5 Å². The summed E-state index contributed by atoms with van der Waals surface area (Å²) in [5, 5.41) is 37.3. The van der Waals surface area contributed by atoms with E-state index in [1.807, 2.05) is 5.32 Å². The van der Waals surface area contributed by atoms with Crippen LogP contribution in [-0.4, -0.2) is 72.7 Å². The molecule has 1 aliphatic rings. The predicted molar refractivity (Wildman–Crippen MR) is 50.6 cm³/mol. The maximum absolute atomic E-state index is 11.6. The number of carbonyl (C=O) groups is 3. The molecule has 11 heteroatoms. The van der Waals surface area contributed by atoms with Crippen molar-refractivity contribution in [3.8, 4) is 0 Å². The fourth-order valence-electron chi connectivity index (χ4n) is 1.45. The number of hydrogen-bond donors (Lipinski definition) is 5. The second-order valence-corrected chi connectivity index (χ2v) is 3.44. The minimum absolute atomic E-state index is 0.206. The molecule has 1 atom stereocenters. The van der Waals surface area contributed by atoms with E-state index in [1.54, 1.807) is 0 Å². The van der Waals surface area contributed by atoms with Crippen molar-refractivity contribution in [2.24, 2.45) is 0 Å². The van der Waals surface area contributed by atoms with Gasteiger partial charge in [0.2, 0.25) is 5.66 Å². The Bertz CT molecular complexity index is 388. The summed E-state index contributed by atoms with van der Waals surface area (Å²) in [7, 11) is 0. The summed E-state index contributed by atoms with van der Waals surface area (Å²) in [6, 6.07) is -2.60. The van der Waals surface area contributed by atoms with Crippen LogP contribution in [0, 0.1) is 0 Å². The Morgan fingerprint density at radius 1 is 1.39 bits per heavy atom. The summed E-state index contributed by atoms with van der Waals surface area (Å²) in [4.78, 5) is 34.6. The number of urea groups is 2. The Morgan fingerprint density at radius 2 is 1.94 bits per heavy atom. The highest BCUT2D eigenvalue weighted by Crippen LogP contribution is 2.28. The summed E-state index contributed by atoms with van der Waals surface area (Å²) < 4.78 is 0. The van der Waals surface area contributed by atoms with Crippen LogP contribution < -0.4 is 5.32 Å². The van der Waals surface area contributed by atoms with Crippen molar-refractivity contribution < 1.29 is 35.0 Å². The number of amides is 5. The molecule has 0 aliphatic carbocycles. The zero-order chi connectivity index (χ0) is 14.1. The van der Waals surface area contributed by atoms with Crippen molar-refractivity contribution in [3.05, 3.63) is 0 Å². The monoisotopic (exact) mass is 264 g/mol. The lowest BCUT2D eigenvalue weighted by molar-refractivity contribution is -0.179. The zero-order valence-electron chi connectivity index (χ0n) is 9.27. The fraction of sp³-hybridized carbons (Fsp3) is 0.571. The Morgan fingerprint density at radius 3 is 2.28 bits per heavy atom. The second kappa shape index (κ2) is 4.73. The van der Waals surface area contributed by atoms with Gasteiger partial charge in [0, 0.05) is 0 Å². The molecule has 5 amide bonds. The van der Waals surface area contributed by atoms with Crippen LogP contribution in [0.3, 0.4) is 0 Å². The Balaban J connectivity index is 3.14. The summed E-state index contributed by atoms with van der Waals surface area (Å²) in [6.45, 7) is -0.912. The number of carbonyl (C=O) groups excluding carboxylic acids is 3. The average Bonchev–Trinajstić information content (AvgIpc) is 2.47. The SMILES string of the molecule is CC1(N(CO)C(=O)NCO)C(=O)N(O)C(=O)N1O. The Labute approximate surface area is 100 Å².